The second-order valence-electron chi connectivity index (χ2n) is 10.6. The van der Waals surface area contributed by atoms with Crippen LogP contribution in [0.25, 0.3) is 31.3 Å². The Morgan fingerprint density at radius 3 is 1.58 bits per heavy atom. The molecule has 1 heterocycles. The number of rotatable bonds is 5. The van der Waals surface area contributed by atoms with Crippen LogP contribution in [0.1, 0.15) is 0 Å². The fourth-order valence-electron chi connectivity index (χ4n) is 6.13. The molecule has 0 aliphatic heterocycles. The summed E-state index contributed by atoms with van der Waals surface area (Å²) in [6.45, 7) is 0. The van der Waals surface area contributed by atoms with Crippen molar-refractivity contribution in [2.24, 2.45) is 0 Å². The van der Waals surface area contributed by atoms with Crippen molar-refractivity contribution < 1.29 is 29.6 Å². The maximum absolute atomic E-state index is 3.39. The molecule has 1 aromatic heterocycles. The molecular weight excluding hydrogens is 588 g/mol. The first kappa shape index (κ1) is 31.0. The van der Waals surface area contributed by atoms with Crippen LogP contribution >= 0.6 is 11.3 Å². The largest absolute Gasteiger partial charge is 1.00 e. The van der Waals surface area contributed by atoms with E-state index in [0.29, 0.717) is 0 Å². The predicted octanol–water partition coefficient (Wildman–Crippen LogP) is 5.19. The summed E-state index contributed by atoms with van der Waals surface area (Å²) in [4.78, 5) is 0. The fraction of sp³-hybridized carbons (Fsp3) is 0. The maximum atomic E-state index is 3.39. The van der Waals surface area contributed by atoms with E-state index in [9.17, 15) is 0 Å². The van der Waals surface area contributed by atoms with Crippen LogP contribution in [-0.4, -0.2) is 8.07 Å². The predicted molar refractivity (Wildman–Crippen MR) is 191 cm³/mol. The third kappa shape index (κ3) is 6.13. The van der Waals surface area contributed by atoms with Crippen LogP contribution in [0, 0.1) is 18.2 Å². The first-order valence-corrected chi connectivity index (χ1v) is 17.6. The third-order valence-corrected chi connectivity index (χ3v) is 14.3. The maximum Gasteiger partial charge on any atom is 1.00 e. The summed E-state index contributed by atoms with van der Waals surface area (Å²) in [5.41, 5.74) is 2.19. The molecule has 0 aliphatic rings. The van der Waals surface area contributed by atoms with E-state index in [0.717, 1.165) is 11.1 Å². The van der Waals surface area contributed by atoms with Crippen LogP contribution in [0.3, 0.4) is 0 Å². The zero-order valence-electron chi connectivity index (χ0n) is 25.2. The number of fused-ring (bicyclic) bond motifs is 3. The van der Waals surface area contributed by atoms with Gasteiger partial charge in [-0.1, -0.05) is 107 Å². The van der Waals surface area contributed by atoms with E-state index in [1.165, 1.54) is 40.9 Å². The average Bonchev–Trinajstić information content (AvgIpc) is 3.51. The Morgan fingerprint density at radius 1 is 0.444 bits per heavy atom. The Hall–Kier alpha value is -4.02. The smallest absolute Gasteiger partial charge is 0.226 e. The Morgan fingerprint density at radius 2 is 1.00 bits per heavy atom. The minimum absolute atomic E-state index is 0. The molecule has 0 amide bonds. The summed E-state index contributed by atoms with van der Waals surface area (Å²) in [5.74, 6) is 0. The summed E-state index contributed by atoms with van der Waals surface area (Å²) >= 11 is 1.92. The first-order chi connectivity index (χ1) is 21.9. The number of benzene rings is 7. The molecule has 0 radical (unpaired) electrons. The molecule has 0 bridgehead atoms. The van der Waals surface area contributed by atoms with Gasteiger partial charge in [0.15, 0.2) is 0 Å². The van der Waals surface area contributed by atoms with Gasteiger partial charge in [-0.3, -0.25) is 0 Å². The van der Waals surface area contributed by atoms with Crippen LogP contribution < -0.4 is 50.3 Å². The van der Waals surface area contributed by atoms with Gasteiger partial charge in [0.25, 0.3) is 0 Å². The number of hydrogen-bond acceptors (Lipinski definition) is 1. The molecule has 210 valence electrons. The molecule has 0 spiro atoms. The third-order valence-electron chi connectivity index (χ3n) is 8.07. The molecule has 0 unspecified atom stereocenters. The van der Waals surface area contributed by atoms with Crippen LogP contribution in [0.2, 0.25) is 0 Å². The molecule has 7 aromatic carbocycles. The summed E-state index contributed by atoms with van der Waals surface area (Å²) < 4.78 is 2.75. The summed E-state index contributed by atoms with van der Waals surface area (Å²) in [6, 6.07) is 72.1. The second-order valence-corrected chi connectivity index (χ2v) is 15.4. The van der Waals surface area contributed by atoms with Crippen LogP contribution in [0.5, 0.6) is 0 Å². The fourth-order valence-corrected chi connectivity index (χ4v) is 12.7. The van der Waals surface area contributed by atoms with Crippen molar-refractivity contribution in [3.05, 3.63) is 194 Å². The normalized spacial score (nSPS) is 10.9. The zero-order valence-corrected chi connectivity index (χ0v) is 29.0. The van der Waals surface area contributed by atoms with E-state index in [4.69, 9.17) is 0 Å². The molecule has 0 aliphatic carbocycles. The van der Waals surface area contributed by atoms with Crippen LogP contribution in [-0.2, 0) is 0 Å². The number of hydrogen-bond donors (Lipinski definition) is 0. The quantitative estimate of drug-likeness (QED) is 0.142. The van der Waals surface area contributed by atoms with Crippen molar-refractivity contribution in [2.45, 2.75) is 0 Å². The van der Waals surface area contributed by atoms with Gasteiger partial charge in [0, 0.05) is 20.2 Å². The van der Waals surface area contributed by atoms with Crippen molar-refractivity contribution >= 4 is 60.3 Å². The van der Waals surface area contributed by atoms with Crippen molar-refractivity contribution in [1.29, 1.82) is 0 Å². The van der Waals surface area contributed by atoms with Gasteiger partial charge in [-0.2, -0.15) is 78.9 Å². The zero-order chi connectivity index (χ0) is 29.6. The van der Waals surface area contributed by atoms with Gasteiger partial charge < -0.3 is 0 Å². The van der Waals surface area contributed by atoms with Crippen molar-refractivity contribution in [3.63, 3.8) is 0 Å². The summed E-state index contributed by atoms with van der Waals surface area (Å²) in [6.07, 6.45) is 0. The molecule has 0 atom stereocenters. The molecule has 8 aromatic rings. The average molecular weight is 617 g/mol. The van der Waals surface area contributed by atoms with Gasteiger partial charge in [-0.15, -0.1) is 28.7 Å². The Balaban J connectivity index is 0.000000231. The monoisotopic (exact) mass is 616 g/mol. The Labute approximate surface area is 293 Å². The topological polar surface area (TPSA) is 0 Å². The van der Waals surface area contributed by atoms with Gasteiger partial charge in [0.1, 0.15) is 8.07 Å². The van der Waals surface area contributed by atoms with Crippen molar-refractivity contribution in [3.8, 4) is 11.1 Å². The minimum atomic E-state index is -2.55. The molecule has 8 rings (SSSR count). The van der Waals surface area contributed by atoms with Crippen LogP contribution in [0.15, 0.2) is 176 Å². The van der Waals surface area contributed by atoms with Gasteiger partial charge in [-0.05, 0) is 11.3 Å². The molecule has 0 fully saturated rings. The Kier molecular flexibility index (Phi) is 9.90. The van der Waals surface area contributed by atoms with Gasteiger partial charge >= 0.3 is 29.6 Å². The van der Waals surface area contributed by atoms with E-state index in [1.807, 2.05) is 65.9 Å². The van der Waals surface area contributed by atoms with Gasteiger partial charge in [0.05, 0.1) is 0 Å². The molecule has 0 saturated carbocycles. The van der Waals surface area contributed by atoms with Gasteiger partial charge in [-0.25, -0.2) is 11.1 Å². The molecule has 45 heavy (non-hydrogen) atoms. The summed E-state index contributed by atoms with van der Waals surface area (Å²) in [5, 5.41) is 8.31. The molecule has 3 heteroatoms. The molecule has 0 nitrogen and oxygen atoms in total. The van der Waals surface area contributed by atoms with Crippen molar-refractivity contribution in [1.82, 2.24) is 0 Å². The second kappa shape index (κ2) is 14.4. The molecule has 0 N–H and O–H groups in total. The van der Waals surface area contributed by atoms with E-state index in [-0.39, 0.29) is 29.6 Å². The van der Waals surface area contributed by atoms with E-state index >= 15 is 0 Å². The Bertz CT molecular complexity index is 1960. The van der Waals surface area contributed by atoms with E-state index in [1.54, 1.807) is 0 Å². The number of thiophene rings is 1. The molecular formula is C42H29NaSSi-2. The summed E-state index contributed by atoms with van der Waals surface area (Å²) in [7, 11) is -2.55. The SMILES string of the molecule is [Na+].[c-]1cccc([Si](c2ccccc2)(c2ccccc2)c2cccc3c2sc2ccccc23)c1.[c-]1ccccc1-c1[c-]cccc1. The van der Waals surface area contributed by atoms with E-state index < -0.39 is 8.07 Å². The standard InChI is InChI=1S/C30H21SSi.C12H8.Na/c1-4-13-23(14-5-1)32(24-15-6-2-7-16-24,25-17-8-3-9-18-25)29-22-12-20-27-26-19-10-11-21-28(26)31-30(27)29;1-3-7-11(8-4-1)12-9-5-2-6-10-12;/h1-8,10-22H;1-7,9H;/q-1;-2;+1. The van der Waals surface area contributed by atoms with Gasteiger partial charge in [0.2, 0.25) is 0 Å². The minimum Gasteiger partial charge on any atom is -0.226 e. The molecule has 0 saturated heterocycles. The van der Waals surface area contributed by atoms with Crippen molar-refractivity contribution in [2.75, 3.05) is 0 Å². The first-order valence-electron chi connectivity index (χ1n) is 14.8. The van der Waals surface area contributed by atoms with Crippen LogP contribution in [0.4, 0.5) is 0 Å². The van der Waals surface area contributed by atoms with E-state index in [2.05, 4.69) is 140 Å².